The van der Waals surface area contributed by atoms with Crippen molar-refractivity contribution in [2.45, 2.75) is 13.8 Å². The van der Waals surface area contributed by atoms with E-state index in [1.54, 1.807) is 12.1 Å². The summed E-state index contributed by atoms with van der Waals surface area (Å²) in [6, 6.07) is 11.4. The molecule has 0 aliphatic carbocycles. The number of hydrogen-bond acceptors (Lipinski definition) is 3. The number of rotatable bonds is 3. The average molecular weight is 382 g/mol. The molecule has 0 aromatic heterocycles. The van der Waals surface area contributed by atoms with Crippen molar-refractivity contribution in [3.8, 4) is 0 Å². The van der Waals surface area contributed by atoms with Gasteiger partial charge >= 0.3 is 0 Å². The molecular weight excluding hydrogens is 367 g/mol. The fourth-order valence-corrected chi connectivity index (χ4v) is 2.87. The number of halogens is 1. The summed E-state index contributed by atoms with van der Waals surface area (Å²) >= 11 is 2.00. The Kier molecular flexibility index (Phi) is 4.27. The van der Waals surface area contributed by atoms with Crippen LogP contribution >= 0.6 is 22.6 Å². The predicted molar refractivity (Wildman–Crippen MR) is 89.8 cm³/mol. The average Bonchev–Trinajstić information content (AvgIpc) is 2.37. The lowest BCUT2D eigenvalue weighted by molar-refractivity contribution is -0.385. The van der Waals surface area contributed by atoms with Gasteiger partial charge in [-0.05, 0) is 60.2 Å². The summed E-state index contributed by atoms with van der Waals surface area (Å²) in [6.45, 7) is 4.13. The molecule has 2 aromatic carbocycles. The molecule has 0 spiro atoms. The highest BCUT2D eigenvalue weighted by atomic mass is 127. The van der Waals surface area contributed by atoms with Crippen LogP contribution in [0.5, 0.6) is 0 Å². The largest absolute Gasteiger partial charge is 0.344 e. The van der Waals surface area contributed by atoms with Gasteiger partial charge in [-0.25, -0.2) is 0 Å². The number of nitro benzene ring substituents is 1. The van der Waals surface area contributed by atoms with Crippen molar-refractivity contribution < 1.29 is 4.92 Å². The fourth-order valence-electron chi connectivity index (χ4n) is 2.17. The van der Waals surface area contributed by atoms with Crippen LogP contribution in [0.15, 0.2) is 36.4 Å². The summed E-state index contributed by atoms with van der Waals surface area (Å²) < 4.78 is 0.640. The van der Waals surface area contributed by atoms with Crippen molar-refractivity contribution in [1.29, 1.82) is 0 Å². The zero-order valence-electron chi connectivity index (χ0n) is 11.6. The highest BCUT2D eigenvalue weighted by molar-refractivity contribution is 14.1. The molecule has 0 heterocycles. The molecule has 0 saturated carbocycles. The minimum absolute atomic E-state index is 0.142. The molecule has 0 aliphatic heterocycles. The van der Waals surface area contributed by atoms with Gasteiger partial charge in [-0.15, -0.1) is 0 Å². The summed E-state index contributed by atoms with van der Waals surface area (Å²) in [6.07, 6.45) is 0. The normalized spacial score (nSPS) is 10.4. The van der Waals surface area contributed by atoms with E-state index in [0.717, 1.165) is 11.4 Å². The number of anilines is 2. The Hall–Kier alpha value is -1.63. The first kappa shape index (κ1) is 14.8. The molecule has 0 N–H and O–H groups in total. The second-order valence-corrected chi connectivity index (χ2v) is 5.90. The molecule has 0 fully saturated rings. The predicted octanol–water partition coefficient (Wildman–Crippen LogP) is 4.58. The van der Waals surface area contributed by atoms with E-state index < -0.39 is 0 Å². The first-order valence-corrected chi connectivity index (χ1v) is 7.23. The smallest absolute Gasteiger partial charge is 0.282 e. The van der Waals surface area contributed by atoms with E-state index in [-0.39, 0.29) is 10.6 Å². The molecule has 2 aromatic rings. The van der Waals surface area contributed by atoms with E-state index in [9.17, 15) is 10.1 Å². The van der Waals surface area contributed by atoms with E-state index in [1.165, 1.54) is 11.1 Å². The van der Waals surface area contributed by atoms with Gasteiger partial charge in [0.05, 0.1) is 8.49 Å². The van der Waals surface area contributed by atoms with Crippen LogP contribution in [-0.2, 0) is 0 Å². The molecule has 0 atom stereocenters. The molecular formula is C15H15IN2O2. The Bertz CT molecular complexity index is 671. The molecule has 0 bridgehead atoms. The monoisotopic (exact) mass is 382 g/mol. The number of nitro groups is 1. The Labute approximate surface area is 131 Å². The zero-order chi connectivity index (χ0) is 14.9. The van der Waals surface area contributed by atoms with Crippen LogP contribution in [0.4, 0.5) is 17.1 Å². The third-order valence-corrected chi connectivity index (χ3v) is 4.09. The van der Waals surface area contributed by atoms with Gasteiger partial charge in [0, 0.05) is 24.5 Å². The maximum atomic E-state index is 10.9. The zero-order valence-corrected chi connectivity index (χ0v) is 13.7. The van der Waals surface area contributed by atoms with E-state index in [4.69, 9.17) is 0 Å². The van der Waals surface area contributed by atoms with Crippen molar-refractivity contribution >= 4 is 39.7 Å². The maximum absolute atomic E-state index is 10.9. The molecule has 0 radical (unpaired) electrons. The van der Waals surface area contributed by atoms with Crippen molar-refractivity contribution in [3.63, 3.8) is 0 Å². The molecule has 5 heteroatoms. The molecule has 2 rings (SSSR count). The Balaban J connectivity index is 2.40. The van der Waals surface area contributed by atoms with Crippen LogP contribution in [0, 0.1) is 27.5 Å². The minimum Gasteiger partial charge on any atom is -0.344 e. The highest BCUT2D eigenvalue weighted by Gasteiger charge is 2.14. The molecule has 0 amide bonds. The quantitative estimate of drug-likeness (QED) is 0.443. The van der Waals surface area contributed by atoms with Crippen LogP contribution in [-0.4, -0.2) is 12.0 Å². The van der Waals surface area contributed by atoms with E-state index in [0.29, 0.717) is 3.57 Å². The summed E-state index contributed by atoms with van der Waals surface area (Å²) in [4.78, 5) is 12.5. The molecule has 0 saturated heterocycles. The second-order valence-electron chi connectivity index (χ2n) is 4.74. The van der Waals surface area contributed by atoms with Gasteiger partial charge in [0.2, 0.25) is 0 Å². The van der Waals surface area contributed by atoms with Crippen LogP contribution in [0.25, 0.3) is 0 Å². The first-order valence-electron chi connectivity index (χ1n) is 6.15. The Morgan fingerprint density at radius 2 is 1.85 bits per heavy atom. The lowest BCUT2D eigenvalue weighted by Gasteiger charge is -2.22. The molecule has 4 nitrogen and oxygen atoms in total. The minimum atomic E-state index is -0.358. The third-order valence-electron chi connectivity index (χ3n) is 3.23. The van der Waals surface area contributed by atoms with Crippen LogP contribution < -0.4 is 4.90 Å². The summed E-state index contributed by atoms with van der Waals surface area (Å²) in [5, 5.41) is 10.9. The lowest BCUT2D eigenvalue weighted by Crippen LogP contribution is -2.11. The third kappa shape index (κ3) is 2.92. The summed E-state index contributed by atoms with van der Waals surface area (Å²) in [7, 11) is 1.97. The number of nitrogens with zero attached hydrogens (tertiary/aromatic N) is 2. The fraction of sp³-hybridized carbons (Fsp3) is 0.200. The molecule has 20 heavy (non-hydrogen) atoms. The van der Waals surface area contributed by atoms with Crippen LogP contribution in [0.3, 0.4) is 0 Å². The van der Waals surface area contributed by atoms with Gasteiger partial charge in [0.1, 0.15) is 0 Å². The van der Waals surface area contributed by atoms with E-state index in [1.807, 2.05) is 40.6 Å². The molecule has 0 unspecified atom stereocenters. The van der Waals surface area contributed by atoms with Crippen molar-refractivity contribution in [2.75, 3.05) is 11.9 Å². The topological polar surface area (TPSA) is 46.4 Å². The highest BCUT2D eigenvalue weighted by Crippen LogP contribution is 2.31. The van der Waals surface area contributed by atoms with E-state index in [2.05, 4.69) is 32.0 Å². The van der Waals surface area contributed by atoms with Gasteiger partial charge in [0.15, 0.2) is 0 Å². The second kappa shape index (κ2) is 5.78. The number of hydrogen-bond donors (Lipinski definition) is 0. The van der Waals surface area contributed by atoms with Crippen LogP contribution in [0.2, 0.25) is 0 Å². The summed E-state index contributed by atoms with van der Waals surface area (Å²) in [5.74, 6) is 0. The number of benzene rings is 2. The lowest BCUT2D eigenvalue weighted by atomic mass is 10.1. The Morgan fingerprint density at radius 1 is 1.15 bits per heavy atom. The van der Waals surface area contributed by atoms with Gasteiger partial charge in [-0.3, -0.25) is 10.1 Å². The van der Waals surface area contributed by atoms with Gasteiger partial charge < -0.3 is 4.90 Å². The Morgan fingerprint density at radius 3 is 2.40 bits per heavy atom. The van der Waals surface area contributed by atoms with Crippen molar-refractivity contribution in [3.05, 3.63) is 61.2 Å². The first-order chi connectivity index (χ1) is 9.40. The standard InChI is InChI=1S/C15H15IN2O2/c1-10-4-6-14(11(2)8-10)17(3)12-5-7-15(18(19)20)13(16)9-12/h4-9H,1-3H3. The number of aryl methyl sites for hydroxylation is 2. The van der Waals surface area contributed by atoms with Crippen molar-refractivity contribution in [1.82, 2.24) is 0 Å². The van der Waals surface area contributed by atoms with Gasteiger partial charge in [0.25, 0.3) is 5.69 Å². The van der Waals surface area contributed by atoms with Gasteiger partial charge in [-0.1, -0.05) is 17.7 Å². The van der Waals surface area contributed by atoms with Crippen molar-refractivity contribution in [2.24, 2.45) is 0 Å². The van der Waals surface area contributed by atoms with E-state index >= 15 is 0 Å². The van der Waals surface area contributed by atoms with Gasteiger partial charge in [-0.2, -0.15) is 0 Å². The molecule has 104 valence electrons. The summed E-state index contributed by atoms with van der Waals surface area (Å²) in [5.41, 5.74) is 4.58. The SMILES string of the molecule is Cc1ccc(N(C)c2ccc([N+](=O)[O-])c(I)c2)c(C)c1. The van der Waals surface area contributed by atoms with Crippen LogP contribution in [0.1, 0.15) is 11.1 Å². The molecule has 0 aliphatic rings. The maximum Gasteiger partial charge on any atom is 0.282 e.